The lowest BCUT2D eigenvalue weighted by molar-refractivity contribution is -0.130. The van der Waals surface area contributed by atoms with Crippen molar-refractivity contribution in [2.75, 3.05) is 36.6 Å². The van der Waals surface area contributed by atoms with Crippen molar-refractivity contribution in [1.29, 1.82) is 0 Å². The summed E-state index contributed by atoms with van der Waals surface area (Å²) in [5.74, 6) is -1.85. The normalized spacial score (nSPS) is 15.7. The van der Waals surface area contributed by atoms with Crippen molar-refractivity contribution < 1.29 is 35.7 Å². The van der Waals surface area contributed by atoms with Crippen molar-refractivity contribution in [3.8, 4) is 5.75 Å². The average Bonchev–Trinajstić information content (AvgIpc) is 3.19. The maximum Gasteiger partial charge on any atom is 0.266 e. The topological polar surface area (TPSA) is 171 Å². The number of hydrogen-bond acceptors (Lipinski definition) is 9. The Morgan fingerprint density at radius 3 is 2.27 bits per heavy atom. The summed E-state index contributed by atoms with van der Waals surface area (Å²) in [6.07, 6.45) is 6.72. The van der Waals surface area contributed by atoms with Gasteiger partial charge in [0.2, 0.25) is 15.9 Å². The number of amides is 2. The molecular formula is C36H48N4O8S3. The summed E-state index contributed by atoms with van der Waals surface area (Å²) in [5, 5.41) is 5.07. The number of sulfonamides is 1. The van der Waals surface area contributed by atoms with Crippen LogP contribution in [0.3, 0.4) is 0 Å². The van der Waals surface area contributed by atoms with Crippen LogP contribution in [-0.4, -0.2) is 70.4 Å². The van der Waals surface area contributed by atoms with E-state index in [1.54, 1.807) is 30.3 Å². The van der Waals surface area contributed by atoms with Crippen LogP contribution in [0.4, 0.5) is 11.4 Å². The van der Waals surface area contributed by atoms with Crippen molar-refractivity contribution in [2.45, 2.75) is 80.7 Å². The first-order chi connectivity index (χ1) is 24.2. The lowest BCUT2D eigenvalue weighted by Crippen LogP contribution is -2.53. The molecule has 0 saturated carbocycles. The van der Waals surface area contributed by atoms with Crippen molar-refractivity contribution in [1.82, 2.24) is 15.4 Å². The Balaban J connectivity index is 1.66. The molecule has 0 fully saturated rings. The number of aryl methyl sites for hydroxylation is 1. The quantitative estimate of drug-likeness (QED) is 0.102. The van der Waals surface area contributed by atoms with Crippen LogP contribution in [0.2, 0.25) is 0 Å². The van der Waals surface area contributed by atoms with Gasteiger partial charge in [-0.15, -0.1) is 11.8 Å². The Morgan fingerprint density at radius 2 is 1.69 bits per heavy atom. The number of hydrogen-bond donors (Lipinski definition) is 4. The van der Waals surface area contributed by atoms with E-state index in [2.05, 4.69) is 34.1 Å². The summed E-state index contributed by atoms with van der Waals surface area (Å²) in [7, 11) is -8.37. The van der Waals surface area contributed by atoms with Gasteiger partial charge in [-0.2, -0.15) is 8.42 Å². The van der Waals surface area contributed by atoms with Gasteiger partial charge in [0.15, 0.2) is 6.61 Å². The molecule has 1 heterocycles. The van der Waals surface area contributed by atoms with Gasteiger partial charge in [-0.1, -0.05) is 87.6 Å². The number of thioether (sulfide) groups is 1. The number of nitrogens with one attached hydrogen (secondary N) is 3. The molecule has 0 spiro atoms. The first kappa shape index (κ1) is 40.1. The Hall–Kier alpha value is -3.63. The third kappa shape index (κ3) is 10.9. The minimum atomic E-state index is -4.31. The van der Waals surface area contributed by atoms with E-state index in [1.807, 2.05) is 43.5 Å². The first-order valence-electron chi connectivity index (χ1n) is 17.0. The Labute approximate surface area is 305 Å². The SMILES string of the molecule is CCCCC1(CCCC)CN(c2ccccc2)c2cc(SC)c(OCC(=O)N[C@@H](C(=O)NCCS(=O)(=O)O)c3ccc(C)cc3)cc2S(=O)(=O)N1. The van der Waals surface area contributed by atoms with E-state index in [0.717, 1.165) is 36.9 Å². The number of rotatable bonds is 17. The molecule has 12 nitrogen and oxygen atoms in total. The average molecular weight is 761 g/mol. The van der Waals surface area contributed by atoms with Gasteiger partial charge in [-0.05, 0) is 49.8 Å². The van der Waals surface area contributed by atoms with Gasteiger partial charge in [0.25, 0.3) is 16.0 Å². The molecule has 0 bridgehead atoms. The Kier molecular flexibility index (Phi) is 14.0. The van der Waals surface area contributed by atoms with E-state index in [9.17, 15) is 26.4 Å². The molecule has 15 heteroatoms. The van der Waals surface area contributed by atoms with Gasteiger partial charge in [0.05, 0.1) is 21.9 Å². The van der Waals surface area contributed by atoms with E-state index in [4.69, 9.17) is 9.29 Å². The third-order valence-corrected chi connectivity index (χ3v) is 11.8. The number of unbranched alkanes of at least 4 members (excludes halogenated alkanes) is 2. The molecule has 51 heavy (non-hydrogen) atoms. The number of carbonyl (C=O) groups excluding carboxylic acids is 2. The van der Waals surface area contributed by atoms with Crippen molar-refractivity contribution >= 4 is 55.1 Å². The van der Waals surface area contributed by atoms with Crippen LogP contribution in [0, 0.1) is 6.92 Å². The molecule has 1 aliphatic rings. The molecule has 0 aliphatic carbocycles. The fourth-order valence-electron chi connectivity index (χ4n) is 6.05. The Bertz CT molecular complexity index is 1860. The second-order valence-corrected chi connectivity index (χ2v) is 16.8. The van der Waals surface area contributed by atoms with E-state index in [0.29, 0.717) is 35.5 Å². The Morgan fingerprint density at radius 1 is 1.04 bits per heavy atom. The summed E-state index contributed by atoms with van der Waals surface area (Å²) >= 11 is 1.35. The van der Waals surface area contributed by atoms with Gasteiger partial charge in [0, 0.05) is 24.8 Å². The highest BCUT2D eigenvalue weighted by Gasteiger charge is 2.42. The zero-order chi connectivity index (χ0) is 37.2. The zero-order valence-corrected chi connectivity index (χ0v) is 31.9. The lowest BCUT2D eigenvalue weighted by atomic mass is 9.87. The number of benzene rings is 3. The number of fused-ring (bicyclic) bond motifs is 1. The summed E-state index contributed by atoms with van der Waals surface area (Å²) in [6, 6.07) is 18.6. The third-order valence-electron chi connectivity index (χ3n) is 8.72. The summed E-state index contributed by atoms with van der Waals surface area (Å²) in [5.41, 5.74) is 2.02. The number of para-hydroxylation sites is 1. The smallest absolute Gasteiger partial charge is 0.266 e. The van der Waals surface area contributed by atoms with Crippen LogP contribution in [-0.2, 0) is 29.7 Å². The largest absolute Gasteiger partial charge is 0.483 e. The molecule has 278 valence electrons. The van der Waals surface area contributed by atoms with Crippen LogP contribution >= 0.6 is 11.8 Å². The highest BCUT2D eigenvalue weighted by atomic mass is 32.2. The van der Waals surface area contributed by atoms with E-state index in [1.165, 1.54) is 17.8 Å². The molecule has 0 aromatic heterocycles. The maximum absolute atomic E-state index is 14.3. The minimum absolute atomic E-state index is 0.0326. The van der Waals surface area contributed by atoms with Crippen LogP contribution in [0.15, 0.2) is 76.5 Å². The molecule has 1 atom stereocenters. The fourth-order valence-corrected chi connectivity index (χ4v) is 8.62. The van der Waals surface area contributed by atoms with Crippen LogP contribution in [0.1, 0.15) is 69.5 Å². The van der Waals surface area contributed by atoms with Crippen LogP contribution < -0.4 is 25.0 Å². The van der Waals surface area contributed by atoms with Crippen molar-refractivity contribution in [3.05, 3.63) is 77.9 Å². The highest BCUT2D eigenvalue weighted by Crippen LogP contribution is 2.44. The van der Waals surface area contributed by atoms with Crippen LogP contribution in [0.25, 0.3) is 0 Å². The maximum atomic E-state index is 14.3. The van der Waals surface area contributed by atoms with Gasteiger partial charge < -0.3 is 20.3 Å². The molecule has 2 amide bonds. The zero-order valence-electron chi connectivity index (χ0n) is 29.5. The van der Waals surface area contributed by atoms with E-state index >= 15 is 0 Å². The molecule has 0 saturated heterocycles. The standard InChI is InChI=1S/C36H48N4O8S3/c1-5-7-18-36(19-8-6-2)25-40(28-12-10-9-11-13-28)29-22-31(49-4)30(23-32(29)51(46,47)39-36)48-24-33(41)38-34(27-16-14-26(3)15-17-27)35(42)37-20-21-50(43,44)45/h9-17,22-23,34,39H,5-8,18-21,24-25H2,1-4H3,(H,37,42)(H,38,41)(H,43,44,45)/t34-/m1/s1. The molecule has 3 aromatic rings. The van der Waals surface area contributed by atoms with Crippen LogP contribution in [0.5, 0.6) is 5.75 Å². The summed E-state index contributed by atoms with van der Waals surface area (Å²) < 4.78 is 69.0. The second-order valence-electron chi connectivity index (χ2n) is 12.8. The molecule has 1 aliphatic heterocycles. The summed E-state index contributed by atoms with van der Waals surface area (Å²) in [4.78, 5) is 29.1. The second kappa shape index (κ2) is 17.7. The van der Waals surface area contributed by atoms with Gasteiger partial charge in [-0.3, -0.25) is 14.1 Å². The molecular weight excluding hydrogens is 713 g/mol. The summed E-state index contributed by atoms with van der Waals surface area (Å²) in [6.45, 7) is 5.58. The highest BCUT2D eigenvalue weighted by molar-refractivity contribution is 7.98. The minimum Gasteiger partial charge on any atom is -0.483 e. The van der Waals surface area contributed by atoms with Gasteiger partial charge in [0.1, 0.15) is 16.7 Å². The molecule has 0 radical (unpaired) electrons. The molecule has 4 N–H and O–H groups in total. The number of carbonyl (C=O) groups is 2. The van der Waals surface area contributed by atoms with Gasteiger partial charge in [-0.25, -0.2) is 13.1 Å². The number of ether oxygens (including phenoxy) is 1. The lowest BCUT2D eigenvalue weighted by Gasteiger charge is -2.37. The molecule has 0 unspecified atom stereocenters. The monoisotopic (exact) mass is 760 g/mol. The fraction of sp³-hybridized carbons (Fsp3) is 0.444. The van der Waals surface area contributed by atoms with Crippen molar-refractivity contribution in [2.24, 2.45) is 0 Å². The number of anilines is 2. The van der Waals surface area contributed by atoms with Crippen molar-refractivity contribution in [3.63, 3.8) is 0 Å². The van der Waals surface area contributed by atoms with E-state index in [-0.39, 0.29) is 17.2 Å². The first-order valence-corrected chi connectivity index (χ1v) is 21.3. The number of nitrogens with zero attached hydrogens (tertiary/aromatic N) is 1. The predicted octanol–water partition coefficient (Wildman–Crippen LogP) is 5.51. The molecule has 4 rings (SSSR count). The van der Waals surface area contributed by atoms with E-state index < -0.39 is 55.9 Å². The van der Waals surface area contributed by atoms with Gasteiger partial charge >= 0.3 is 0 Å². The molecule has 3 aromatic carbocycles. The predicted molar refractivity (Wildman–Crippen MR) is 201 cm³/mol.